The molecule has 1 aromatic carbocycles. The van der Waals surface area contributed by atoms with Gasteiger partial charge in [-0.2, -0.15) is 5.10 Å². The standard InChI is InChI=1S/C26H28ClN5O3.ClH/c1-14-6-16(27)8-19(18(14)9-17-10-28-4-5-35-17)23-20-7-15(12-32(20)30-13-29-23)11-31-24(33)21-22(25(31)34)26(21,2)3;/h6-8,12-13,17,21-22,28H,4-5,9-11H2,1-3H3;1H. The number of rotatable bonds is 5. The summed E-state index contributed by atoms with van der Waals surface area (Å²) >= 11 is 6.48. The van der Waals surface area contributed by atoms with E-state index < -0.39 is 0 Å². The third kappa shape index (κ3) is 4.00. The van der Waals surface area contributed by atoms with Gasteiger partial charge in [0.2, 0.25) is 11.8 Å². The summed E-state index contributed by atoms with van der Waals surface area (Å²) in [5, 5.41) is 8.42. The lowest BCUT2D eigenvalue weighted by atomic mass is 9.94. The van der Waals surface area contributed by atoms with Gasteiger partial charge < -0.3 is 10.1 Å². The number of hydrogen-bond acceptors (Lipinski definition) is 6. The molecule has 36 heavy (non-hydrogen) atoms. The zero-order valence-electron chi connectivity index (χ0n) is 20.5. The molecule has 0 bridgehead atoms. The van der Waals surface area contributed by atoms with Crippen LogP contribution in [0.2, 0.25) is 5.02 Å². The molecule has 0 spiro atoms. The third-order valence-corrected chi connectivity index (χ3v) is 8.04. The van der Waals surface area contributed by atoms with Crippen LogP contribution in [0, 0.1) is 24.2 Å². The van der Waals surface area contributed by atoms with Crippen molar-refractivity contribution in [2.75, 3.05) is 19.7 Å². The van der Waals surface area contributed by atoms with Crippen molar-refractivity contribution in [3.63, 3.8) is 0 Å². The van der Waals surface area contributed by atoms with Gasteiger partial charge >= 0.3 is 0 Å². The number of aromatic nitrogens is 3. The molecule has 2 amide bonds. The lowest BCUT2D eigenvalue weighted by Gasteiger charge is -2.25. The van der Waals surface area contributed by atoms with Gasteiger partial charge in [0, 0.05) is 36.3 Å². The maximum atomic E-state index is 12.8. The first kappa shape index (κ1) is 25.1. The number of morpholine rings is 1. The number of likely N-dealkylation sites (tertiary alicyclic amines) is 1. The Morgan fingerprint density at radius 2 is 1.94 bits per heavy atom. The maximum Gasteiger partial charge on any atom is 0.233 e. The van der Waals surface area contributed by atoms with Crippen LogP contribution in [0.4, 0.5) is 0 Å². The number of carbonyl (C=O) groups excluding carboxylic acids is 2. The molecule has 1 saturated carbocycles. The topological polar surface area (TPSA) is 88.8 Å². The van der Waals surface area contributed by atoms with Crippen LogP contribution in [0.3, 0.4) is 0 Å². The van der Waals surface area contributed by atoms with Gasteiger partial charge in [-0.1, -0.05) is 25.4 Å². The number of aryl methyl sites for hydroxylation is 1. The number of benzene rings is 1. The summed E-state index contributed by atoms with van der Waals surface area (Å²) in [5.74, 6) is -0.507. The number of nitrogens with zero attached hydrogens (tertiary/aromatic N) is 4. The monoisotopic (exact) mass is 529 g/mol. The molecule has 3 aliphatic rings. The van der Waals surface area contributed by atoms with Crippen molar-refractivity contribution in [2.45, 2.75) is 39.8 Å². The fourth-order valence-corrected chi connectivity index (χ4v) is 6.13. The van der Waals surface area contributed by atoms with Crippen LogP contribution in [-0.2, 0) is 27.3 Å². The average molecular weight is 530 g/mol. The molecule has 3 atom stereocenters. The molecular formula is C26H29Cl2N5O3. The summed E-state index contributed by atoms with van der Waals surface area (Å²) in [6, 6.07) is 5.87. The largest absolute Gasteiger partial charge is 0.375 e. The SMILES string of the molecule is Cc1cc(Cl)cc(-c2ncnn3cc(CN4C(=O)C5C(C4=O)C5(C)C)cc23)c1CC1CNCCO1.Cl. The number of amides is 2. The van der Waals surface area contributed by atoms with Crippen LogP contribution in [0.1, 0.15) is 30.5 Å². The summed E-state index contributed by atoms with van der Waals surface area (Å²) in [5.41, 5.74) is 5.35. The van der Waals surface area contributed by atoms with Gasteiger partial charge in [0.05, 0.1) is 42.3 Å². The number of piperidine rings is 1. The number of imide groups is 1. The minimum absolute atomic E-state index is 0. The summed E-state index contributed by atoms with van der Waals surface area (Å²) in [4.78, 5) is 31.7. The molecule has 10 heteroatoms. The summed E-state index contributed by atoms with van der Waals surface area (Å²) < 4.78 is 7.72. The molecule has 0 radical (unpaired) electrons. The molecule has 2 saturated heterocycles. The Kier molecular flexibility index (Phi) is 6.35. The third-order valence-electron chi connectivity index (χ3n) is 7.82. The van der Waals surface area contributed by atoms with Crippen LogP contribution in [0.5, 0.6) is 0 Å². The highest BCUT2D eigenvalue weighted by Gasteiger charge is 2.72. The fourth-order valence-electron chi connectivity index (χ4n) is 5.85. The highest BCUT2D eigenvalue weighted by Crippen LogP contribution is 2.63. The number of fused-ring (bicyclic) bond motifs is 2. The molecule has 4 heterocycles. The molecule has 2 aromatic heterocycles. The van der Waals surface area contributed by atoms with E-state index in [1.54, 1.807) is 4.52 Å². The Hall–Kier alpha value is -2.52. The molecule has 2 aliphatic heterocycles. The van der Waals surface area contributed by atoms with E-state index in [-0.39, 0.29) is 54.1 Å². The Morgan fingerprint density at radius 1 is 1.19 bits per heavy atom. The predicted molar refractivity (Wildman–Crippen MR) is 138 cm³/mol. The normalized spacial score (nSPS) is 24.7. The van der Waals surface area contributed by atoms with Gasteiger partial charge in [-0.15, -0.1) is 12.4 Å². The van der Waals surface area contributed by atoms with Crippen LogP contribution < -0.4 is 5.32 Å². The summed E-state index contributed by atoms with van der Waals surface area (Å²) in [6.07, 6.45) is 4.20. The second kappa shape index (κ2) is 9.10. The van der Waals surface area contributed by atoms with E-state index in [0.717, 1.165) is 53.0 Å². The number of hydrogen-bond donors (Lipinski definition) is 1. The highest BCUT2D eigenvalue weighted by atomic mass is 35.5. The smallest absolute Gasteiger partial charge is 0.233 e. The average Bonchev–Trinajstić information content (AvgIpc) is 3.07. The van der Waals surface area contributed by atoms with Gasteiger partial charge in [0.15, 0.2) is 0 Å². The Balaban J connectivity index is 0.00000267. The fraction of sp³-hybridized carbons (Fsp3) is 0.462. The number of ether oxygens (including phenoxy) is 1. The minimum atomic E-state index is -0.215. The first-order valence-electron chi connectivity index (χ1n) is 12.0. The van der Waals surface area contributed by atoms with Crippen molar-refractivity contribution in [1.82, 2.24) is 24.8 Å². The van der Waals surface area contributed by atoms with Crippen molar-refractivity contribution in [3.05, 3.63) is 52.4 Å². The van der Waals surface area contributed by atoms with Gasteiger partial charge in [-0.25, -0.2) is 9.50 Å². The van der Waals surface area contributed by atoms with E-state index in [9.17, 15) is 9.59 Å². The summed E-state index contributed by atoms with van der Waals surface area (Å²) in [6.45, 7) is 8.63. The zero-order valence-corrected chi connectivity index (χ0v) is 22.0. The Morgan fingerprint density at radius 3 is 2.64 bits per heavy atom. The van der Waals surface area contributed by atoms with Crippen molar-refractivity contribution >= 4 is 41.3 Å². The van der Waals surface area contributed by atoms with Crippen LogP contribution >= 0.6 is 24.0 Å². The second-order valence-electron chi connectivity index (χ2n) is 10.5. The van der Waals surface area contributed by atoms with E-state index in [1.165, 1.54) is 11.2 Å². The predicted octanol–water partition coefficient (Wildman–Crippen LogP) is 3.45. The van der Waals surface area contributed by atoms with Gasteiger partial charge in [-0.05, 0) is 47.2 Å². The van der Waals surface area contributed by atoms with E-state index >= 15 is 0 Å². The lowest BCUT2D eigenvalue weighted by Crippen LogP contribution is -2.39. The molecule has 190 valence electrons. The van der Waals surface area contributed by atoms with Gasteiger partial charge in [-0.3, -0.25) is 14.5 Å². The van der Waals surface area contributed by atoms with E-state index in [1.807, 2.05) is 38.2 Å². The van der Waals surface area contributed by atoms with E-state index in [4.69, 9.17) is 16.3 Å². The van der Waals surface area contributed by atoms with Crippen LogP contribution in [0.25, 0.3) is 16.8 Å². The number of carbonyl (C=O) groups is 2. The van der Waals surface area contributed by atoms with Gasteiger partial charge in [0.1, 0.15) is 6.33 Å². The quantitative estimate of drug-likeness (QED) is 0.509. The Labute approximate surface area is 220 Å². The first-order chi connectivity index (χ1) is 16.8. The number of halogens is 2. The zero-order chi connectivity index (χ0) is 24.5. The summed E-state index contributed by atoms with van der Waals surface area (Å²) in [7, 11) is 0. The maximum absolute atomic E-state index is 12.8. The molecule has 8 nitrogen and oxygen atoms in total. The molecule has 3 aromatic rings. The van der Waals surface area contributed by atoms with Crippen molar-refractivity contribution < 1.29 is 14.3 Å². The molecule has 6 rings (SSSR count). The van der Waals surface area contributed by atoms with Crippen molar-refractivity contribution in [1.29, 1.82) is 0 Å². The molecule has 1 N–H and O–H groups in total. The molecule has 3 fully saturated rings. The van der Waals surface area contributed by atoms with Gasteiger partial charge in [0.25, 0.3) is 0 Å². The van der Waals surface area contributed by atoms with E-state index in [2.05, 4.69) is 22.3 Å². The second-order valence-corrected chi connectivity index (χ2v) is 10.9. The highest BCUT2D eigenvalue weighted by molar-refractivity contribution is 6.31. The van der Waals surface area contributed by atoms with Crippen molar-refractivity contribution in [2.24, 2.45) is 17.3 Å². The molecule has 1 aliphatic carbocycles. The Bertz CT molecular complexity index is 1340. The molecule has 3 unspecified atom stereocenters. The van der Waals surface area contributed by atoms with Crippen LogP contribution in [0.15, 0.2) is 30.7 Å². The van der Waals surface area contributed by atoms with Crippen LogP contribution in [-0.4, -0.2) is 57.1 Å². The molecular weight excluding hydrogens is 501 g/mol. The van der Waals surface area contributed by atoms with Crippen molar-refractivity contribution in [3.8, 4) is 11.3 Å². The number of nitrogens with one attached hydrogen (secondary N) is 1. The lowest BCUT2D eigenvalue weighted by molar-refractivity contribution is -0.143. The first-order valence-corrected chi connectivity index (χ1v) is 12.4. The van der Waals surface area contributed by atoms with E-state index in [0.29, 0.717) is 11.6 Å². The minimum Gasteiger partial charge on any atom is -0.375 e.